The lowest BCUT2D eigenvalue weighted by Gasteiger charge is -2.25. The number of hydrogen-bond donors (Lipinski definition) is 2. The van der Waals surface area contributed by atoms with Crippen molar-refractivity contribution in [3.8, 4) is 23.1 Å². The average Bonchev–Trinajstić information content (AvgIpc) is 2.34. The van der Waals surface area contributed by atoms with Gasteiger partial charge in [0.2, 0.25) is 0 Å². The van der Waals surface area contributed by atoms with E-state index in [1.54, 1.807) is 44.3 Å². The minimum atomic E-state index is -1.04. The van der Waals surface area contributed by atoms with Crippen LogP contribution in [0.4, 0.5) is 5.69 Å². The van der Waals surface area contributed by atoms with Gasteiger partial charge in [0.1, 0.15) is 0 Å². The number of nitrogens with zero attached hydrogens (tertiary/aromatic N) is 1. The molecule has 19 heavy (non-hydrogen) atoms. The third-order valence-electron chi connectivity index (χ3n) is 2.94. The van der Waals surface area contributed by atoms with E-state index in [-0.39, 0.29) is 0 Å². The smallest absolute Gasteiger partial charge is 0.263 e. The van der Waals surface area contributed by atoms with Gasteiger partial charge in [-0.15, -0.1) is 0 Å². The lowest BCUT2D eigenvalue weighted by Crippen LogP contribution is -2.18. The highest BCUT2D eigenvalue weighted by atomic mass is 16.6. The van der Waals surface area contributed by atoms with E-state index in [1.807, 2.05) is 0 Å². The van der Waals surface area contributed by atoms with Crippen molar-refractivity contribution in [2.24, 2.45) is 0 Å². The number of hydrogen-bond acceptors (Lipinski definition) is 5. The molecule has 2 heterocycles. The molecule has 3 rings (SSSR count). The highest BCUT2D eigenvalue weighted by Gasteiger charge is 2.26. The van der Waals surface area contributed by atoms with Crippen LogP contribution in [0, 0.1) is 0 Å². The second-order valence-electron chi connectivity index (χ2n) is 4.96. The molecule has 1 aliphatic rings. The normalized spacial score (nSPS) is 13.0. The minimum absolute atomic E-state index is 0.408. The number of ether oxygens (including phenoxy) is 2. The molecule has 0 saturated carbocycles. The van der Waals surface area contributed by atoms with Crippen molar-refractivity contribution >= 4 is 5.69 Å². The fourth-order valence-electron chi connectivity index (χ4n) is 2.02. The third-order valence-corrected chi connectivity index (χ3v) is 2.94. The molecule has 0 saturated heterocycles. The highest BCUT2D eigenvalue weighted by molar-refractivity contribution is 5.63. The SMILES string of the molecule is CC(C)(O)c1cc2c(cc1N)Oc1ncccc1O2. The number of nitrogen functional groups attached to an aromatic ring is 1. The quantitative estimate of drug-likeness (QED) is 0.656. The molecule has 0 unspecified atom stereocenters. The fourth-order valence-corrected chi connectivity index (χ4v) is 2.02. The zero-order chi connectivity index (χ0) is 13.6. The minimum Gasteiger partial charge on any atom is -0.448 e. The van der Waals surface area contributed by atoms with Crippen molar-refractivity contribution in [1.82, 2.24) is 4.98 Å². The van der Waals surface area contributed by atoms with Gasteiger partial charge < -0.3 is 20.3 Å². The fraction of sp³-hybridized carbons (Fsp3) is 0.214. The lowest BCUT2D eigenvalue weighted by atomic mass is 9.96. The number of aliphatic hydroxyl groups is 1. The molecule has 2 aromatic rings. The summed E-state index contributed by atoms with van der Waals surface area (Å²) in [5.74, 6) is 1.97. The maximum atomic E-state index is 10.1. The van der Waals surface area contributed by atoms with Crippen molar-refractivity contribution in [2.75, 3.05) is 5.73 Å². The number of fused-ring (bicyclic) bond motifs is 2. The van der Waals surface area contributed by atoms with Crippen LogP contribution in [-0.2, 0) is 5.60 Å². The molecule has 0 bridgehead atoms. The Labute approximate surface area is 110 Å². The predicted molar refractivity (Wildman–Crippen MR) is 70.5 cm³/mol. The topological polar surface area (TPSA) is 77.6 Å². The van der Waals surface area contributed by atoms with Gasteiger partial charge in [-0.1, -0.05) is 0 Å². The van der Waals surface area contributed by atoms with Gasteiger partial charge in [-0.3, -0.25) is 0 Å². The standard InChI is InChI=1S/C14H14N2O3/c1-14(2,17)8-6-11-12(7-9(8)15)19-13-10(18-11)4-3-5-16-13/h3-7,17H,15H2,1-2H3. The second kappa shape index (κ2) is 3.86. The van der Waals surface area contributed by atoms with Gasteiger partial charge in [0, 0.05) is 23.5 Å². The summed E-state index contributed by atoms with van der Waals surface area (Å²) in [5, 5.41) is 10.1. The molecule has 0 radical (unpaired) electrons. The van der Waals surface area contributed by atoms with Crippen molar-refractivity contribution in [3.05, 3.63) is 36.0 Å². The predicted octanol–water partition coefficient (Wildman–Crippen LogP) is 2.79. The number of anilines is 1. The van der Waals surface area contributed by atoms with Gasteiger partial charge in [-0.25, -0.2) is 4.98 Å². The maximum Gasteiger partial charge on any atom is 0.263 e. The Morgan fingerprint density at radius 1 is 1.16 bits per heavy atom. The molecule has 0 atom stereocenters. The first-order chi connectivity index (χ1) is 8.95. The molecule has 5 heteroatoms. The molecule has 0 spiro atoms. The summed E-state index contributed by atoms with van der Waals surface area (Å²) in [6, 6.07) is 6.87. The lowest BCUT2D eigenvalue weighted by molar-refractivity contribution is 0.0791. The summed E-state index contributed by atoms with van der Waals surface area (Å²) in [6.45, 7) is 3.34. The van der Waals surface area contributed by atoms with Gasteiger partial charge >= 0.3 is 0 Å². The van der Waals surface area contributed by atoms with Gasteiger partial charge in [0.05, 0.1) is 5.60 Å². The largest absolute Gasteiger partial charge is 0.448 e. The molecular weight excluding hydrogens is 244 g/mol. The van der Waals surface area contributed by atoms with Gasteiger partial charge in [0.15, 0.2) is 17.2 Å². The average molecular weight is 258 g/mol. The zero-order valence-electron chi connectivity index (χ0n) is 10.7. The third kappa shape index (κ3) is 1.98. The summed E-state index contributed by atoms with van der Waals surface area (Å²) in [5.41, 5.74) is 5.94. The van der Waals surface area contributed by atoms with E-state index in [1.165, 1.54) is 0 Å². The number of aromatic nitrogens is 1. The van der Waals surface area contributed by atoms with Crippen LogP contribution >= 0.6 is 0 Å². The monoisotopic (exact) mass is 258 g/mol. The summed E-state index contributed by atoms with van der Waals surface area (Å²) in [7, 11) is 0. The molecule has 5 nitrogen and oxygen atoms in total. The van der Waals surface area contributed by atoms with Crippen LogP contribution < -0.4 is 15.2 Å². The zero-order valence-corrected chi connectivity index (χ0v) is 10.7. The van der Waals surface area contributed by atoms with Crippen molar-refractivity contribution in [2.45, 2.75) is 19.4 Å². The first kappa shape index (κ1) is 11.8. The first-order valence-corrected chi connectivity index (χ1v) is 5.92. The van der Waals surface area contributed by atoms with Crippen LogP contribution in [0.2, 0.25) is 0 Å². The Kier molecular flexibility index (Phi) is 2.40. The molecular formula is C14H14N2O3. The van der Waals surface area contributed by atoms with E-state index in [9.17, 15) is 5.11 Å². The van der Waals surface area contributed by atoms with E-state index in [4.69, 9.17) is 15.2 Å². The van der Waals surface area contributed by atoms with Crippen LogP contribution in [0.3, 0.4) is 0 Å². The van der Waals surface area contributed by atoms with E-state index < -0.39 is 5.60 Å². The Morgan fingerprint density at radius 3 is 2.63 bits per heavy atom. The number of pyridine rings is 1. The van der Waals surface area contributed by atoms with Gasteiger partial charge in [-0.2, -0.15) is 0 Å². The summed E-state index contributed by atoms with van der Waals surface area (Å²) in [6.07, 6.45) is 1.63. The maximum absolute atomic E-state index is 10.1. The first-order valence-electron chi connectivity index (χ1n) is 5.92. The van der Waals surface area contributed by atoms with Crippen molar-refractivity contribution in [3.63, 3.8) is 0 Å². The molecule has 1 aliphatic heterocycles. The summed E-state index contributed by atoms with van der Waals surface area (Å²) >= 11 is 0. The molecule has 98 valence electrons. The van der Waals surface area contributed by atoms with E-state index in [0.717, 1.165) is 0 Å². The van der Waals surface area contributed by atoms with E-state index in [2.05, 4.69) is 4.98 Å². The Hall–Kier alpha value is -2.27. The summed E-state index contributed by atoms with van der Waals surface area (Å²) < 4.78 is 11.3. The van der Waals surface area contributed by atoms with E-state index in [0.29, 0.717) is 34.4 Å². The molecule has 0 aliphatic carbocycles. The van der Waals surface area contributed by atoms with Crippen LogP contribution in [0.5, 0.6) is 23.1 Å². The van der Waals surface area contributed by atoms with E-state index >= 15 is 0 Å². The Balaban J connectivity index is 2.10. The van der Waals surface area contributed by atoms with Crippen LogP contribution in [-0.4, -0.2) is 10.1 Å². The molecule has 0 amide bonds. The second-order valence-corrected chi connectivity index (χ2v) is 4.96. The Bertz CT molecular complexity index is 648. The van der Waals surface area contributed by atoms with Gasteiger partial charge in [-0.05, 0) is 32.0 Å². The van der Waals surface area contributed by atoms with Gasteiger partial charge in [0.25, 0.3) is 5.88 Å². The summed E-state index contributed by atoms with van der Waals surface area (Å²) in [4.78, 5) is 4.08. The van der Waals surface area contributed by atoms with Crippen LogP contribution in [0.25, 0.3) is 0 Å². The molecule has 1 aromatic heterocycles. The molecule has 1 aromatic carbocycles. The highest BCUT2D eigenvalue weighted by Crippen LogP contribution is 2.46. The molecule has 0 fully saturated rings. The Morgan fingerprint density at radius 2 is 1.89 bits per heavy atom. The van der Waals surface area contributed by atoms with Crippen molar-refractivity contribution < 1.29 is 14.6 Å². The number of rotatable bonds is 1. The number of nitrogens with two attached hydrogens (primary N) is 1. The molecule has 3 N–H and O–H groups in total. The van der Waals surface area contributed by atoms with Crippen LogP contribution in [0.1, 0.15) is 19.4 Å². The van der Waals surface area contributed by atoms with Crippen molar-refractivity contribution in [1.29, 1.82) is 0 Å². The number of benzene rings is 1. The van der Waals surface area contributed by atoms with Crippen LogP contribution in [0.15, 0.2) is 30.5 Å².